The molecule has 0 bridgehead atoms. The lowest BCUT2D eigenvalue weighted by Gasteiger charge is -2.24. The second-order valence-corrected chi connectivity index (χ2v) is 7.62. The summed E-state index contributed by atoms with van der Waals surface area (Å²) in [5, 5.41) is 3.13. The van der Waals surface area contributed by atoms with Gasteiger partial charge in [-0.05, 0) is 73.6 Å². The first kappa shape index (κ1) is 21.8. The van der Waals surface area contributed by atoms with E-state index in [1.807, 2.05) is 52.0 Å². The fourth-order valence-corrected chi connectivity index (χ4v) is 3.36. The molecule has 0 radical (unpaired) electrons. The van der Waals surface area contributed by atoms with Crippen LogP contribution in [0.4, 0.5) is 0 Å². The van der Waals surface area contributed by atoms with Gasteiger partial charge in [-0.2, -0.15) is 0 Å². The third kappa shape index (κ3) is 5.06. The zero-order chi connectivity index (χ0) is 20.8. The highest BCUT2D eigenvalue weighted by molar-refractivity contribution is 5.81. The van der Waals surface area contributed by atoms with Crippen LogP contribution < -0.4 is 14.8 Å². The normalized spacial score (nSPS) is 13.1. The molecule has 0 fully saturated rings. The van der Waals surface area contributed by atoms with E-state index in [-0.39, 0.29) is 11.9 Å². The number of methoxy groups -OCH3 is 1. The minimum absolute atomic E-state index is 0.0976. The van der Waals surface area contributed by atoms with Crippen LogP contribution in [0.5, 0.6) is 11.5 Å². The first-order chi connectivity index (χ1) is 13.3. The first-order valence-corrected chi connectivity index (χ1v) is 9.99. The summed E-state index contributed by atoms with van der Waals surface area (Å²) in [6, 6.07) is 11.8. The monoisotopic (exact) mass is 383 g/mol. The van der Waals surface area contributed by atoms with Crippen molar-refractivity contribution in [1.82, 2.24) is 5.32 Å². The van der Waals surface area contributed by atoms with Crippen molar-refractivity contribution >= 4 is 5.91 Å². The molecule has 2 rings (SSSR count). The SMILES string of the molecule is CC[C@H](Oc1ccccc1C)C(=O)N[C@H](C)c1cc(C(C)C)c(OC)cc1C. The third-order valence-corrected chi connectivity index (χ3v) is 5.09. The molecule has 0 unspecified atom stereocenters. The number of ether oxygens (including phenoxy) is 2. The second kappa shape index (κ2) is 9.63. The Labute approximate surface area is 169 Å². The number of hydrogen-bond acceptors (Lipinski definition) is 3. The van der Waals surface area contributed by atoms with Crippen molar-refractivity contribution in [3.8, 4) is 11.5 Å². The van der Waals surface area contributed by atoms with E-state index in [0.29, 0.717) is 12.3 Å². The van der Waals surface area contributed by atoms with E-state index in [1.165, 1.54) is 0 Å². The van der Waals surface area contributed by atoms with Gasteiger partial charge in [0.2, 0.25) is 0 Å². The van der Waals surface area contributed by atoms with E-state index < -0.39 is 6.10 Å². The Hall–Kier alpha value is -2.49. The molecule has 0 heterocycles. The molecule has 2 atom stereocenters. The summed E-state index contributed by atoms with van der Waals surface area (Å²) in [5.74, 6) is 1.88. The van der Waals surface area contributed by atoms with Gasteiger partial charge in [0.1, 0.15) is 11.5 Å². The van der Waals surface area contributed by atoms with Crippen molar-refractivity contribution in [1.29, 1.82) is 0 Å². The summed E-state index contributed by atoms with van der Waals surface area (Å²) >= 11 is 0. The first-order valence-electron chi connectivity index (χ1n) is 9.99. The van der Waals surface area contributed by atoms with E-state index in [0.717, 1.165) is 33.8 Å². The van der Waals surface area contributed by atoms with Crippen LogP contribution in [0, 0.1) is 13.8 Å². The van der Waals surface area contributed by atoms with Crippen molar-refractivity contribution < 1.29 is 14.3 Å². The van der Waals surface area contributed by atoms with Crippen LogP contribution in [-0.2, 0) is 4.79 Å². The fourth-order valence-electron chi connectivity index (χ4n) is 3.36. The van der Waals surface area contributed by atoms with Gasteiger partial charge in [0.05, 0.1) is 13.2 Å². The number of para-hydroxylation sites is 1. The summed E-state index contributed by atoms with van der Waals surface area (Å²) in [5.41, 5.74) is 4.37. The van der Waals surface area contributed by atoms with E-state index in [4.69, 9.17) is 9.47 Å². The van der Waals surface area contributed by atoms with Crippen molar-refractivity contribution in [2.24, 2.45) is 0 Å². The number of aryl methyl sites for hydroxylation is 2. The highest BCUT2D eigenvalue weighted by Gasteiger charge is 2.23. The lowest BCUT2D eigenvalue weighted by molar-refractivity contribution is -0.128. The summed E-state index contributed by atoms with van der Waals surface area (Å²) < 4.78 is 11.5. The number of hydrogen-bond donors (Lipinski definition) is 1. The largest absolute Gasteiger partial charge is 0.496 e. The summed E-state index contributed by atoms with van der Waals surface area (Å²) in [6.45, 7) is 12.3. The maximum Gasteiger partial charge on any atom is 0.261 e. The molecule has 2 aromatic carbocycles. The van der Waals surface area contributed by atoms with E-state index >= 15 is 0 Å². The number of carbonyl (C=O) groups excluding carboxylic acids is 1. The molecule has 2 aromatic rings. The molecule has 152 valence electrons. The Balaban J connectivity index is 2.18. The van der Waals surface area contributed by atoms with Crippen LogP contribution in [-0.4, -0.2) is 19.1 Å². The maximum absolute atomic E-state index is 12.9. The van der Waals surface area contributed by atoms with Crippen molar-refractivity contribution in [2.45, 2.75) is 66.0 Å². The predicted octanol–water partition coefficient (Wildman–Crippen LogP) is 5.47. The summed E-state index contributed by atoms with van der Waals surface area (Å²) in [6.07, 6.45) is 0.0813. The number of carbonyl (C=O) groups is 1. The van der Waals surface area contributed by atoms with Crippen molar-refractivity contribution in [3.05, 3.63) is 58.7 Å². The second-order valence-electron chi connectivity index (χ2n) is 7.62. The smallest absolute Gasteiger partial charge is 0.261 e. The predicted molar refractivity (Wildman–Crippen MR) is 114 cm³/mol. The molecule has 4 nitrogen and oxygen atoms in total. The molecule has 0 spiro atoms. The average molecular weight is 384 g/mol. The van der Waals surface area contributed by atoms with E-state index in [2.05, 4.69) is 31.3 Å². The van der Waals surface area contributed by atoms with Gasteiger partial charge in [0.15, 0.2) is 6.10 Å². The number of amides is 1. The standard InChI is InChI=1S/C24H33NO3/c1-8-21(28-22-12-10-9-11-16(22)4)24(26)25-18(6)20-14-19(15(2)3)23(27-7)13-17(20)5/h9-15,18,21H,8H2,1-7H3,(H,25,26)/t18-,21+/m1/s1. The zero-order valence-electron chi connectivity index (χ0n) is 18.1. The minimum atomic E-state index is -0.522. The van der Waals surface area contributed by atoms with E-state index in [9.17, 15) is 4.79 Å². The van der Waals surface area contributed by atoms with Gasteiger partial charge in [-0.1, -0.05) is 39.0 Å². The average Bonchev–Trinajstić information content (AvgIpc) is 2.66. The molecule has 0 saturated carbocycles. The lowest BCUT2D eigenvalue weighted by Crippen LogP contribution is -2.39. The Morgan fingerprint density at radius 3 is 2.25 bits per heavy atom. The van der Waals surface area contributed by atoms with E-state index in [1.54, 1.807) is 7.11 Å². The van der Waals surface area contributed by atoms with Crippen LogP contribution in [0.1, 0.15) is 68.3 Å². The van der Waals surface area contributed by atoms with Gasteiger partial charge >= 0.3 is 0 Å². The number of nitrogens with one attached hydrogen (secondary N) is 1. The highest BCUT2D eigenvalue weighted by Crippen LogP contribution is 2.32. The molecule has 1 N–H and O–H groups in total. The zero-order valence-corrected chi connectivity index (χ0v) is 18.1. The summed E-state index contributed by atoms with van der Waals surface area (Å²) in [4.78, 5) is 12.9. The molecule has 1 amide bonds. The highest BCUT2D eigenvalue weighted by atomic mass is 16.5. The topological polar surface area (TPSA) is 47.6 Å². The molecule has 4 heteroatoms. The Kier molecular flexibility index (Phi) is 7.50. The molecule has 0 aliphatic heterocycles. The van der Waals surface area contributed by atoms with Gasteiger partial charge in [-0.3, -0.25) is 4.79 Å². The molecule has 28 heavy (non-hydrogen) atoms. The Morgan fingerprint density at radius 2 is 1.68 bits per heavy atom. The van der Waals surface area contributed by atoms with Crippen LogP contribution >= 0.6 is 0 Å². The van der Waals surface area contributed by atoms with Gasteiger partial charge in [0.25, 0.3) is 5.91 Å². The van der Waals surface area contributed by atoms with Gasteiger partial charge in [0, 0.05) is 0 Å². The van der Waals surface area contributed by atoms with Crippen LogP contribution in [0.3, 0.4) is 0 Å². The van der Waals surface area contributed by atoms with Crippen molar-refractivity contribution in [3.63, 3.8) is 0 Å². The van der Waals surface area contributed by atoms with Gasteiger partial charge in [-0.25, -0.2) is 0 Å². The molecular formula is C24H33NO3. The quantitative estimate of drug-likeness (QED) is 0.657. The molecule has 0 aliphatic carbocycles. The number of rotatable bonds is 8. The molecule has 0 aliphatic rings. The van der Waals surface area contributed by atoms with Crippen molar-refractivity contribution in [2.75, 3.05) is 7.11 Å². The molecular weight excluding hydrogens is 350 g/mol. The van der Waals surface area contributed by atoms with Crippen LogP contribution in [0.15, 0.2) is 36.4 Å². The lowest BCUT2D eigenvalue weighted by atomic mass is 9.93. The number of benzene rings is 2. The summed E-state index contributed by atoms with van der Waals surface area (Å²) in [7, 11) is 1.69. The third-order valence-electron chi connectivity index (χ3n) is 5.09. The fraction of sp³-hybridized carbons (Fsp3) is 0.458. The van der Waals surface area contributed by atoms with Gasteiger partial charge < -0.3 is 14.8 Å². The molecule has 0 saturated heterocycles. The minimum Gasteiger partial charge on any atom is -0.496 e. The Morgan fingerprint density at radius 1 is 1.00 bits per heavy atom. The maximum atomic E-state index is 12.9. The van der Waals surface area contributed by atoms with Crippen LogP contribution in [0.25, 0.3) is 0 Å². The van der Waals surface area contributed by atoms with Gasteiger partial charge in [-0.15, -0.1) is 0 Å². The van der Waals surface area contributed by atoms with Crippen LogP contribution in [0.2, 0.25) is 0 Å². The molecule has 0 aromatic heterocycles. The Bertz CT molecular complexity index is 813.